The van der Waals surface area contributed by atoms with Crippen LogP contribution in [0.5, 0.6) is 0 Å². The van der Waals surface area contributed by atoms with Crippen molar-refractivity contribution in [3.8, 4) is 0 Å². The summed E-state index contributed by atoms with van der Waals surface area (Å²) in [6, 6.07) is 7.77. The van der Waals surface area contributed by atoms with Crippen LogP contribution in [-0.2, 0) is 4.79 Å². The van der Waals surface area contributed by atoms with Gasteiger partial charge in [-0.15, -0.1) is 0 Å². The molecule has 1 fully saturated rings. The standard InChI is InChI=1S/C16H18BrNO/c17-11-7-9-12(10-8-11)18-16(19)15-13-5-3-1-2-4-6-14(13)15/h3,5,7-10,13-15H,1-2,4,6H2,(H,18,19)/b5-3+/t13-,14+,15-/m1/s1. The maximum absolute atomic E-state index is 12.3. The maximum Gasteiger partial charge on any atom is 0.228 e. The summed E-state index contributed by atoms with van der Waals surface area (Å²) in [6.07, 6.45) is 9.41. The Bertz CT molecular complexity index is 494. The molecular weight excluding hydrogens is 302 g/mol. The van der Waals surface area contributed by atoms with Gasteiger partial charge in [-0.2, -0.15) is 0 Å². The van der Waals surface area contributed by atoms with Crippen molar-refractivity contribution in [1.82, 2.24) is 0 Å². The number of nitrogens with one attached hydrogen (secondary N) is 1. The molecule has 19 heavy (non-hydrogen) atoms. The van der Waals surface area contributed by atoms with E-state index in [2.05, 4.69) is 33.4 Å². The van der Waals surface area contributed by atoms with Crippen LogP contribution in [0.1, 0.15) is 25.7 Å². The topological polar surface area (TPSA) is 29.1 Å². The summed E-state index contributed by atoms with van der Waals surface area (Å²) in [5, 5.41) is 3.03. The van der Waals surface area contributed by atoms with E-state index >= 15 is 0 Å². The molecule has 0 saturated heterocycles. The van der Waals surface area contributed by atoms with Gasteiger partial charge in [-0.25, -0.2) is 0 Å². The lowest BCUT2D eigenvalue weighted by Crippen LogP contribution is -2.15. The van der Waals surface area contributed by atoms with Gasteiger partial charge in [-0.3, -0.25) is 4.79 Å². The summed E-state index contributed by atoms with van der Waals surface area (Å²) < 4.78 is 1.03. The molecular formula is C16H18BrNO. The molecule has 0 heterocycles. The Balaban J connectivity index is 1.64. The van der Waals surface area contributed by atoms with E-state index in [9.17, 15) is 4.79 Å². The number of hydrogen-bond acceptors (Lipinski definition) is 1. The van der Waals surface area contributed by atoms with Crippen molar-refractivity contribution in [2.24, 2.45) is 17.8 Å². The van der Waals surface area contributed by atoms with Crippen LogP contribution >= 0.6 is 15.9 Å². The third kappa shape index (κ3) is 2.92. The van der Waals surface area contributed by atoms with Crippen molar-refractivity contribution in [2.45, 2.75) is 25.7 Å². The zero-order valence-corrected chi connectivity index (χ0v) is 12.4. The van der Waals surface area contributed by atoms with Crippen molar-refractivity contribution in [3.05, 3.63) is 40.9 Å². The minimum atomic E-state index is 0.184. The number of fused-ring (bicyclic) bond motifs is 1. The van der Waals surface area contributed by atoms with Gasteiger partial charge in [-0.1, -0.05) is 34.5 Å². The van der Waals surface area contributed by atoms with Crippen LogP contribution in [0.25, 0.3) is 0 Å². The first-order valence-corrected chi connectivity index (χ1v) is 7.78. The van der Waals surface area contributed by atoms with E-state index in [-0.39, 0.29) is 11.8 Å². The van der Waals surface area contributed by atoms with E-state index in [1.807, 2.05) is 24.3 Å². The smallest absolute Gasteiger partial charge is 0.228 e. The first-order chi connectivity index (χ1) is 9.25. The lowest BCUT2D eigenvalue weighted by atomic mass is 10.1. The van der Waals surface area contributed by atoms with Crippen molar-refractivity contribution < 1.29 is 4.79 Å². The highest BCUT2D eigenvalue weighted by Gasteiger charge is 2.52. The predicted octanol–water partition coefficient (Wildman–Crippen LogP) is 4.38. The molecule has 0 unspecified atom stereocenters. The normalized spacial score (nSPS) is 30.7. The molecule has 0 bridgehead atoms. The molecule has 0 spiro atoms. The quantitative estimate of drug-likeness (QED) is 0.805. The van der Waals surface area contributed by atoms with Crippen LogP contribution in [0, 0.1) is 17.8 Å². The van der Waals surface area contributed by atoms with Crippen LogP contribution in [0.4, 0.5) is 5.69 Å². The maximum atomic E-state index is 12.3. The second-order valence-electron chi connectivity index (χ2n) is 5.48. The van der Waals surface area contributed by atoms with Crippen LogP contribution in [-0.4, -0.2) is 5.91 Å². The van der Waals surface area contributed by atoms with Crippen LogP contribution in [0.15, 0.2) is 40.9 Å². The van der Waals surface area contributed by atoms with Crippen molar-refractivity contribution >= 4 is 27.5 Å². The van der Waals surface area contributed by atoms with Crippen LogP contribution in [0.2, 0.25) is 0 Å². The molecule has 1 amide bonds. The highest BCUT2D eigenvalue weighted by Crippen LogP contribution is 2.51. The highest BCUT2D eigenvalue weighted by atomic mass is 79.9. The summed E-state index contributed by atoms with van der Waals surface area (Å²) >= 11 is 3.40. The Kier molecular flexibility index (Phi) is 3.74. The van der Waals surface area contributed by atoms with Gasteiger partial charge in [0.2, 0.25) is 5.91 Å². The minimum absolute atomic E-state index is 0.184. The number of rotatable bonds is 2. The third-order valence-electron chi connectivity index (χ3n) is 4.16. The van der Waals surface area contributed by atoms with Gasteiger partial charge in [-0.05, 0) is 55.4 Å². The third-order valence-corrected chi connectivity index (χ3v) is 4.69. The van der Waals surface area contributed by atoms with E-state index in [1.165, 1.54) is 25.7 Å². The molecule has 100 valence electrons. The number of anilines is 1. The van der Waals surface area contributed by atoms with E-state index in [1.54, 1.807) is 0 Å². The molecule has 1 saturated carbocycles. The van der Waals surface area contributed by atoms with Gasteiger partial charge in [0, 0.05) is 16.1 Å². The number of carbonyl (C=O) groups is 1. The molecule has 2 aliphatic carbocycles. The summed E-state index contributed by atoms with van der Waals surface area (Å²) in [5.74, 6) is 1.43. The Hall–Kier alpha value is -1.09. The van der Waals surface area contributed by atoms with Crippen molar-refractivity contribution in [3.63, 3.8) is 0 Å². The fraction of sp³-hybridized carbons (Fsp3) is 0.438. The number of halogens is 1. The summed E-state index contributed by atoms with van der Waals surface area (Å²) in [6.45, 7) is 0. The molecule has 2 aliphatic rings. The summed E-state index contributed by atoms with van der Waals surface area (Å²) in [7, 11) is 0. The number of amides is 1. The largest absolute Gasteiger partial charge is 0.326 e. The Morgan fingerprint density at radius 2 is 2.00 bits per heavy atom. The molecule has 0 aliphatic heterocycles. The molecule has 1 aromatic carbocycles. The van der Waals surface area contributed by atoms with E-state index in [4.69, 9.17) is 0 Å². The zero-order chi connectivity index (χ0) is 13.2. The lowest BCUT2D eigenvalue weighted by molar-refractivity contribution is -0.117. The number of hydrogen-bond donors (Lipinski definition) is 1. The molecule has 0 aromatic heterocycles. The highest BCUT2D eigenvalue weighted by molar-refractivity contribution is 9.10. The van der Waals surface area contributed by atoms with Gasteiger partial charge in [0.05, 0.1) is 0 Å². The second-order valence-corrected chi connectivity index (χ2v) is 6.39. The first-order valence-electron chi connectivity index (χ1n) is 6.99. The van der Waals surface area contributed by atoms with Gasteiger partial charge < -0.3 is 5.32 Å². The SMILES string of the molecule is O=C(Nc1ccc(Br)cc1)[C@@H]1[C@@H]2/C=C/CCCC[C@@H]21. The Morgan fingerprint density at radius 3 is 2.79 bits per heavy atom. The summed E-state index contributed by atoms with van der Waals surface area (Å²) in [4.78, 5) is 12.3. The van der Waals surface area contributed by atoms with E-state index in [0.29, 0.717) is 11.8 Å². The van der Waals surface area contributed by atoms with Gasteiger partial charge >= 0.3 is 0 Å². The minimum Gasteiger partial charge on any atom is -0.326 e. The van der Waals surface area contributed by atoms with Gasteiger partial charge in [0.1, 0.15) is 0 Å². The number of carbonyl (C=O) groups excluding carboxylic acids is 1. The average Bonchev–Trinajstić information content (AvgIpc) is 3.03. The Morgan fingerprint density at radius 1 is 1.21 bits per heavy atom. The van der Waals surface area contributed by atoms with Crippen LogP contribution < -0.4 is 5.32 Å². The zero-order valence-electron chi connectivity index (χ0n) is 10.8. The van der Waals surface area contributed by atoms with E-state index < -0.39 is 0 Å². The Labute approximate surface area is 122 Å². The lowest BCUT2D eigenvalue weighted by Gasteiger charge is -2.04. The molecule has 1 N–H and O–H groups in total. The van der Waals surface area contributed by atoms with Crippen molar-refractivity contribution in [2.75, 3.05) is 5.32 Å². The monoisotopic (exact) mass is 319 g/mol. The molecule has 3 atom stereocenters. The number of benzene rings is 1. The molecule has 3 rings (SSSR count). The first kappa shape index (κ1) is 12.9. The molecule has 1 aromatic rings. The van der Waals surface area contributed by atoms with E-state index in [0.717, 1.165) is 10.2 Å². The second kappa shape index (κ2) is 5.49. The number of allylic oxidation sites excluding steroid dienone is 2. The molecule has 0 radical (unpaired) electrons. The van der Waals surface area contributed by atoms with Gasteiger partial charge in [0.25, 0.3) is 0 Å². The fourth-order valence-electron chi connectivity index (χ4n) is 3.06. The predicted molar refractivity (Wildman–Crippen MR) is 80.8 cm³/mol. The van der Waals surface area contributed by atoms with Crippen LogP contribution in [0.3, 0.4) is 0 Å². The van der Waals surface area contributed by atoms with Crippen molar-refractivity contribution in [1.29, 1.82) is 0 Å². The molecule has 3 heteroatoms. The fourth-order valence-corrected chi connectivity index (χ4v) is 3.32. The molecule has 2 nitrogen and oxygen atoms in total. The average molecular weight is 320 g/mol. The van der Waals surface area contributed by atoms with Gasteiger partial charge in [0.15, 0.2) is 0 Å². The summed E-state index contributed by atoms with van der Waals surface area (Å²) in [5.41, 5.74) is 0.886.